The zero-order chi connectivity index (χ0) is 34.1. The van der Waals surface area contributed by atoms with Gasteiger partial charge in [-0.2, -0.15) is 13.2 Å². The highest BCUT2D eigenvalue weighted by atomic mass is 35.5. The maximum Gasteiger partial charge on any atom is 0.397 e. The number of nitrogens with one attached hydrogen (secondary N) is 2. The molecule has 2 saturated heterocycles. The van der Waals surface area contributed by atoms with Crippen molar-refractivity contribution < 1.29 is 27.5 Å². The minimum Gasteiger partial charge on any atom is -0.389 e. The topological polar surface area (TPSA) is 102 Å². The molecule has 2 amide bonds. The van der Waals surface area contributed by atoms with E-state index in [0.717, 1.165) is 84.8 Å². The molecule has 8 nitrogen and oxygen atoms in total. The molecule has 258 valence electrons. The van der Waals surface area contributed by atoms with Crippen molar-refractivity contribution in [2.75, 3.05) is 39.4 Å². The van der Waals surface area contributed by atoms with Gasteiger partial charge in [-0.1, -0.05) is 54.2 Å². The standard InChI is InChI=1S/C35H41ClF3N5O3S/c36-30-24(20-42-33(46)25-17-34(18-25)8-11-43(12-9-34)13-10-41-29(45)19-35(37,38)39)4-5-27-28(22-2-1-3-23(16-22)32(40)48)21-44(31(27)30)26-6-14-47-15-7-26/h1-5,16,21,25-26H,6-15,17-20H2,(H2,40,48)(H,41,45)(H,42,46). The van der Waals surface area contributed by atoms with Crippen LogP contribution >= 0.6 is 23.8 Å². The van der Waals surface area contributed by atoms with Crippen molar-refractivity contribution in [1.82, 2.24) is 20.1 Å². The third-order valence-electron chi connectivity index (χ3n) is 10.3. The summed E-state index contributed by atoms with van der Waals surface area (Å²) < 4.78 is 45.0. The van der Waals surface area contributed by atoms with Gasteiger partial charge in [-0.05, 0) is 74.2 Å². The molecule has 3 heterocycles. The van der Waals surface area contributed by atoms with Gasteiger partial charge >= 0.3 is 6.18 Å². The van der Waals surface area contributed by atoms with Crippen LogP contribution < -0.4 is 16.4 Å². The summed E-state index contributed by atoms with van der Waals surface area (Å²) in [6, 6.07) is 12.2. The van der Waals surface area contributed by atoms with Crippen LogP contribution in [0.4, 0.5) is 13.2 Å². The Bertz CT molecular complexity index is 1670. The van der Waals surface area contributed by atoms with Crippen LogP contribution in [0.1, 0.15) is 62.1 Å². The number of aromatic nitrogens is 1. The zero-order valence-corrected chi connectivity index (χ0v) is 28.3. The van der Waals surface area contributed by atoms with Gasteiger partial charge in [-0.3, -0.25) is 9.59 Å². The molecule has 3 aliphatic rings. The van der Waals surface area contributed by atoms with E-state index in [4.69, 9.17) is 34.3 Å². The lowest BCUT2D eigenvalue weighted by Crippen LogP contribution is -2.51. The zero-order valence-electron chi connectivity index (χ0n) is 26.7. The number of carbonyl (C=O) groups excluding carboxylic acids is 2. The van der Waals surface area contributed by atoms with Crippen molar-refractivity contribution >= 4 is 51.5 Å². The molecule has 0 atom stereocenters. The quantitative estimate of drug-likeness (QED) is 0.220. The van der Waals surface area contributed by atoms with Gasteiger partial charge in [0.2, 0.25) is 11.8 Å². The molecule has 6 rings (SSSR count). The number of halogens is 4. The Balaban J connectivity index is 1.07. The molecule has 4 N–H and O–H groups in total. The monoisotopic (exact) mass is 703 g/mol. The van der Waals surface area contributed by atoms with Crippen LogP contribution in [-0.4, -0.2) is 71.8 Å². The molecule has 13 heteroatoms. The Kier molecular flexibility index (Phi) is 10.4. The molecule has 1 aliphatic carbocycles. The van der Waals surface area contributed by atoms with Gasteiger partial charge in [-0.15, -0.1) is 0 Å². The highest BCUT2D eigenvalue weighted by molar-refractivity contribution is 7.80. The lowest BCUT2D eigenvalue weighted by Gasteiger charge is -2.51. The van der Waals surface area contributed by atoms with Gasteiger partial charge in [0.1, 0.15) is 11.4 Å². The molecule has 0 unspecified atom stereocenters. The van der Waals surface area contributed by atoms with Gasteiger partial charge in [0, 0.05) is 67.5 Å². The lowest BCUT2D eigenvalue weighted by atomic mass is 9.57. The molecule has 3 aromatic rings. The van der Waals surface area contributed by atoms with E-state index in [1.165, 1.54) is 0 Å². The molecule has 1 spiro atoms. The van der Waals surface area contributed by atoms with Gasteiger partial charge in [0.25, 0.3) is 0 Å². The third-order valence-corrected chi connectivity index (χ3v) is 10.9. The van der Waals surface area contributed by atoms with Crippen LogP contribution in [0.3, 0.4) is 0 Å². The maximum atomic E-state index is 13.2. The van der Waals surface area contributed by atoms with E-state index >= 15 is 0 Å². The van der Waals surface area contributed by atoms with Gasteiger partial charge in [-0.25, -0.2) is 0 Å². The normalized spacial score (nSPS) is 18.9. The van der Waals surface area contributed by atoms with E-state index in [9.17, 15) is 22.8 Å². The number of fused-ring (bicyclic) bond motifs is 1. The van der Waals surface area contributed by atoms with Crippen molar-refractivity contribution in [1.29, 1.82) is 0 Å². The summed E-state index contributed by atoms with van der Waals surface area (Å²) in [5, 5.41) is 7.15. The number of nitrogens with zero attached hydrogens (tertiary/aromatic N) is 2. The molecule has 3 fully saturated rings. The summed E-state index contributed by atoms with van der Waals surface area (Å²) in [4.78, 5) is 27.2. The second-order valence-corrected chi connectivity index (χ2v) is 14.3. The lowest BCUT2D eigenvalue weighted by molar-refractivity contribution is -0.153. The first-order chi connectivity index (χ1) is 22.9. The van der Waals surface area contributed by atoms with E-state index < -0.39 is 18.5 Å². The van der Waals surface area contributed by atoms with Crippen molar-refractivity contribution in [3.05, 3.63) is 58.7 Å². The number of benzene rings is 2. The second kappa shape index (κ2) is 14.3. The Labute approximate surface area is 288 Å². The fourth-order valence-corrected chi connectivity index (χ4v) is 8.02. The van der Waals surface area contributed by atoms with Crippen LogP contribution in [-0.2, 0) is 20.9 Å². The number of ether oxygens (including phenoxy) is 1. The van der Waals surface area contributed by atoms with Crippen molar-refractivity contribution in [3.8, 4) is 11.1 Å². The summed E-state index contributed by atoms with van der Waals surface area (Å²) >= 11 is 12.4. The number of thiocarbonyl (C=S) groups is 1. The second-order valence-electron chi connectivity index (χ2n) is 13.5. The summed E-state index contributed by atoms with van der Waals surface area (Å²) in [6.07, 6.45) is 1.49. The summed E-state index contributed by atoms with van der Waals surface area (Å²) in [5.41, 5.74) is 10.7. The first-order valence-corrected chi connectivity index (χ1v) is 17.3. The summed E-state index contributed by atoms with van der Waals surface area (Å²) in [7, 11) is 0. The van der Waals surface area contributed by atoms with Gasteiger partial charge in [0.15, 0.2) is 0 Å². The van der Waals surface area contributed by atoms with Crippen molar-refractivity contribution in [2.24, 2.45) is 17.1 Å². The predicted octanol–water partition coefficient (Wildman–Crippen LogP) is 6.12. The largest absolute Gasteiger partial charge is 0.397 e. The minimum absolute atomic E-state index is 0.0293. The molecule has 2 aromatic carbocycles. The number of piperidine rings is 1. The molecular formula is C35H41ClF3N5O3S. The number of alkyl halides is 3. The molecule has 48 heavy (non-hydrogen) atoms. The first-order valence-electron chi connectivity index (χ1n) is 16.5. The maximum absolute atomic E-state index is 13.2. The molecule has 1 saturated carbocycles. The summed E-state index contributed by atoms with van der Waals surface area (Å²) in [6.45, 7) is 4.02. The van der Waals surface area contributed by atoms with Gasteiger partial charge < -0.3 is 30.6 Å². The highest BCUT2D eigenvalue weighted by Gasteiger charge is 2.48. The number of amides is 2. The first kappa shape index (κ1) is 34.7. The number of carbonyl (C=O) groups is 2. The van der Waals surface area contributed by atoms with E-state index in [0.29, 0.717) is 36.3 Å². The molecule has 2 aliphatic heterocycles. The molecule has 0 radical (unpaired) electrons. The number of nitrogens with two attached hydrogens (primary N) is 1. The van der Waals surface area contributed by atoms with E-state index in [-0.39, 0.29) is 29.8 Å². The Morgan fingerprint density at radius 1 is 1.08 bits per heavy atom. The van der Waals surface area contributed by atoms with Crippen LogP contribution in [0, 0.1) is 11.3 Å². The molecule has 0 bridgehead atoms. The van der Waals surface area contributed by atoms with Crippen LogP contribution in [0.25, 0.3) is 22.0 Å². The third kappa shape index (κ3) is 7.82. The Morgan fingerprint density at radius 3 is 2.50 bits per heavy atom. The highest BCUT2D eigenvalue weighted by Crippen LogP contribution is 2.52. The van der Waals surface area contributed by atoms with E-state index in [1.54, 1.807) is 0 Å². The Hall–Kier alpha value is -3.19. The fraction of sp³-hybridized carbons (Fsp3) is 0.514. The SMILES string of the molecule is NC(=S)c1cccc(-c2cn(C3CCOCC3)c3c(Cl)c(CNC(=O)C4CC5(CCN(CCNC(=O)CC(F)(F)F)CC5)C4)ccc23)c1. The number of likely N-dealkylation sites (tertiary alicyclic amines) is 1. The fourth-order valence-electron chi connectivity index (χ4n) is 7.56. The van der Waals surface area contributed by atoms with Crippen LogP contribution in [0.5, 0.6) is 0 Å². The summed E-state index contributed by atoms with van der Waals surface area (Å²) in [5.74, 6) is -1.02. The van der Waals surface area contributed by atoms with Crippen LogP contribution in [0.2, 0.25) is 5.02 Å². The Morgan fingerprint density at radius 2 is 1.81 bits per heavy atom. The predicted molar refractivity (Wildman–Crippen MR) is 184 cm³/mol. The van der Waals surface area contributed by atoms with Crippen LogP contribution in [0.15, 0.2) is 42.6 Å². The average Bonchev–Trinajstić information content (AvgIpc) is 3.44. The van der Waals surface area contributed by atoms with E-state index in [2.05, 4.69) is 32.4 Å². The van der Waals surface area contributed by atoms with Gasteiger partial charge in [0.05, 0.1) is 10.5 Å². The number of hydrogen-bond acceptors (Lipinski definition) is 5. The van der Waals surface area contributed by atoms with Crippen molar-refractivity contribution in [3.63, 3.8) is 0 Å². The minimum atomic E-state index is -4.50. The smallest absolute Gasteiger partial charge is 0.389 e. The van der Waals surface area contributed by atoms with Crippen molar-refractivity contribution in [2.45, 2.75) is 63.7 Å². The number of hydrogen-bond donors (Lipinski definition) is 3. The van der Waals surface area contributed by atoms with E-state index in [1.807, 2.05) is 30.3 Å². The molecule has 1 aromatic heterocycles. The molecular weight excluding hydrogens is 663 g/mol. The number of rotatable bonds is 10. The average molecular weight is 704 g/mol.